The van der Waals surface area contributed by atoms with Crippen molar-refractivity contribution in [1.29, 1.82) is 0 Å². The number of aliphatic hydroxyl groups is 1. The Labute approximate surface area is 162 Å². The third-order valence-electron chi connectivity index (χ3n) is 5.00. The van der Waals surface area contributed by atoms with E-state index >= 15 is 0 Å². The van der Waals surface area contributed by atoms with Gasteiger partial charge in [0.05, 0.1) is 16.7 Å². The zero-order chi connectivity index (χ0) is 19.9. The zero-order valence-electron chi connectivity index (χ0n) is 15.8. The summed E-state index contributed by atoms with van der Waals surface area (Å²) in [6, 6.07) is 9.45. The molecule has 4 rings (SSSR count). The van der Waals surface area contributed by atoms with E-state index in [2.05, 4.69) is 20.6 Å². The summed E-state index contributed by atoms with van der Waals surface area (Å²) in [4.78, 5) is 9.14. The van der Waals surface area contributed by atoms with Crippen molar-refractivity contribution in [2.45, 2.75) is 31.9 Å². The Morgan fingerprint density at radius 3 is 2.71 bits per heavy atom. The Hall–Kier alpha value is -2.77. The molecule has 146 valence electrons. The van der Waals surface area contributed by atoms with Crippen molar-refractivity contribution in [2.24, 2.45) is 0 Å². The van der Waals surface area contributed by atoms with Crippen molar-refractivity contribution in [3.8, 4) is 17.1 Å². The molecule has 0 radical (unpaired) electrons. The summed E-state index contributed by atoms with van der Waals surface area (Å²) in [7, 11) is 0. The first kappa shape index (κ1) is 18.6. The molecule has 0 aliphatic carbocycles. The van der Waals surface area contributed by atoms with Crippen molar-refractivity contribution in [2.75, 3.05) is 18.4 Å². The maximum absolute atomic E-state index is 13.8. The molecule has 0 saturated carbocycles. The first-order valence-electron chi connectivity index (χ1n) is 9.32. The predicted octanol–water partition coefficient (Wildman–Crippen LogP) is 3.14. The first-order valence-corrected chi connectivity index (χ1v) is 9.32. The number of aromatic hydroxyl groups is 1. The van der Waals surface area contributed by atoms with E-state index in [4.69, 9.17) is 0 Å². The predicted molar refractivity (Wildman–Crippen MR) is 107 cm³/mol. The molecule has 0 spiro atoms. The summed E-state index contributed by atoms with van der Waals surface area (Å²) in [6.45, 7) is 5.17. The van der Waals surface area contributed by atoms with Gasteiger partial charge in [0.1, 0.15) is 17.4 Å². The highest BCUT2D eigenvalue weighted by Gasteiger charge is 2.21. The van der Waals surface area contributed by atoms with Crippen LogP contribution in [0.3, 0.4) is 0 Å². The molecule has 1 saturated heterocycles. The van der Waals surface area contributed by atoms with Crippen molar-refractivity contribution in [1.82, 2.24) is 15.3 Å². The van der Waals surface area contributed by atoms with Gasteiger partial charge in [-0.3, -0.25) is 0 Å². The highest BCUT2D eigenvalue weighted by atomic mass is 19.1. The van der Waals surface area contributed by atoms with Gasteiger partial charge in [-0.2, -0.15) is 0 Å². The number of fused-ring (bicyclic) bond motifs is 1. The van der Waals surface area contributed by atoms with Gasteiger partial charge in [0.15, 0.2) is 5.82 Å². The molecule has 2 heterocycles. The highest BCUT2D eigenvalue weighted by Crippen LogP contribution is 2.33. The van der Waals surface area contributed by atoms with E-state index in [-0.39, 0.29) is 23.2 Å². The van der Waals surface area contributed by atoms with E-state index in [1.165, 1.54) is 18.2 Å². The Balaban J connectivity index is 1.90. The Bertz CT molecular complexity index is 1030. The maximum Gasteiger partial charge on any atom is 0.165 e. The van der Waals surface area contributed by atoms with Crippen LogP contribution in [0.25, 0.3) is 22.3 Å². The van der Waals surface area contributed by atoms with Crippen molar-refractivity contribution in [3.63, 3.8) is 0 Å². The van der Waals surface area contributed by atoms with Gasteiger partial charge in [0, 0.05) is 18.0 Å². The van der Waals surface area contributed by atoms with E-state index in [9.17, 15) is 14.6 Å². The number of anilines is 1. The van der Waals surface area contributed by atoms with Gasteiger partial charge < -0.3 is 20.8 Å². The largest absolute Gasteiger partial charge is 0.507 e. The van der Waals surface area contributed by atoms with Crippen LogP contribution >= 0.6 is 0 Å². The van der Waals surface area contributed by atoms with Crippen molar-refractivity contribution in [3.05, 3.63) is 47.8 Å². The zero-order valence-corrected chi connectivity index (χ0v) is 15.8. The summed E-state index contributed by atoms with van der Waals surface area (Å²) < 4.78 is 13.8. The second-order valence-corrected chi connectivity index (χ2v) is 7.68. The van der Waals surface area contributed by atoms with Gasteiger partial charge in [-0.25, -0.2) is 14.4 Å². The molecule has 1 aromatic heterocycles. The van der Waals surface area contributed by atoms with E-state index in [1.54, 1.807) is 19.9 Å². The third-order valence-corrected chi connectivity index (χ3v) is 5.00. The van der Waals surface area contributed by atoms with Gasteiger partial charge >= 0.3 is 0 Å². The van der Waals surface area contributed by atoms with E-state index < -0.39 is 11.4 Å². The number of hydrogen-bond acceptors (Lipinski definition) is 6. The van der Waals surface area contributed by atoms with Gasteiger partial charge in [-0.05, 0) is 62.7 Å². The first-order chi connectivity index (χ1) is 13.3. The molecule has 7 heteroatoms. The molecule has 0 bridgehead atoms. The third kappa shape index (κ3) is 3.63. The minimum atomic E-state index is -1.02. The van der Waals surface area contributed by atoms with Gasteiger partial charge in [-0.1, -0.05) is 6.07 Å². The summed E-state index contributed by atoms with van der Waals surface area (Å²) in [6.07, 6.45) is 0.966. The minimum Gasteiger partial charge on any atom is -0.507 e. The van der Waals surface area contributed by atoms with Crippen LogP contribution in [0, 0.1) is 5.82 Å². The lowest BCUT2D eigenvalue weighted by atomic mass is 9.97. The summed E-state index contributed by atoms with van der Waals surface area (Å²) >= 11 is 0. The fraction of sp³-hybridized carbons (Fsp3) is 0.333. The lowest BCUT2D eigenvalue weighted by Gasteiger charge is -2.20. The molecule has 0 amide bonds. The van der Waals surface area contributed by atoms with Crippen LogP contribution in [0.15, 0.2) is 36.4 Å². The van der Waals surface area contributed by atoms with E-state index in [0.717, 1.165) is 24.9 Å². The number of benzene rings is 2. The molecule has 6 nitrogen and oxygen atoms in total. The van der Waals surface area contributed by atoms with Crippen LogP contribution in [0.5, 0.6) is 5.75 Å². The summed E-state index contributed by atoms with van der Waals surface area (Å²) in [5.74, 6) is 0.287. The molecule has 1 fully saturated rings. The molecular formula is C21H23FN4O2. The second-order valence-electron chi connectivity index (χ2n) is 7.68. The topological polar surface area (TPSA) is 90.3 Å². The molecular weight excluding hydrogens is 359 g/mol. The Morgan fingerprint density at radius 2 is 2.00 bits per heavy atom. The van der Waals surface area contributed by atoms with Crippen LogP contribution in [-0.2, 0) is 5.60 Å². The molecule has 0 unspecified atom stereocenters. The lowest BCUT2D eigenvalue weighted by molar-refractivity contribution is 0.0787. The van der Waals surface area contributed by atoms with Gasteiger partial charge in [0.2, 0.25) is 0 Å². The fourth-order valence-electron chi connectivity index (χ4n) is 3.40. The molecule has 1 aliphatic rings. The molecule has 2 aromatic carbocycles. The molecule has 3 aromatic rings. The molecule has 1 atom stereocenters. The SMILES string of the molecule is CC(C)(O)c1ccc2c(N[C@H]3CCNC3)nc(-c3cc(F)ccc3O)nc2c1. The number of nitrogens with zero attached hydrogens (tertiary/aromatic N) is 2. The average Bonchev–Trinajstić information content (AvgIpc) is 3.15. The van der Waals surface area contributed by atoms with Crippen molar-refractivity contribution >= 4 is 16.7 Å². The minimum absolute atomic E-state index is 0.0899. The van der Waals surface area contributed by atoms with Crippen LogP contribution in [-0.4, -0.2) is 39.3 Å². The second kappa shape index (κ2) is 7.00. The summed E-state index contributed by atoms with van der Waals surface area (Å²) in [5.41, 5.74) is 0.523. The number of nitrogens with one attached hydrogen (secondary N) is 2. The number of phenols is 1. The monoisotopic (exact) mass is 382 g/mol. The number of hydrogen-bond donors (Lipinski definition) is 4. The van der Waals surface area contributed by atoms with Gasteiger partial charge in [0.25, 0.3) is 0 Å². The number of rotatable bonds is 4. The average molecular weight is 382 g/mol. The van der Waals surface area contributed by atoms with Crippen LogP contribution in [0.4, 0.5) is 10.2 Å². The van der Waals surface area contributed by atoms with Gasteiger partial charge in [-0.15, -0.1) is 0 Å². The van der Waals surface area contributed by atoms with Crippen molar-refractivity contribution < 1.29 is 14.6 Å². The highest BCUT2D eigenvalue weighted by molar-refractivity contribution is 5.91. The standard InChI is InChI=1S/C21H23FN4O2/c1-21(2,28)12-3-5-15-17(9-12)25-20(16-10-13(22)4-6-18(16)27)26-19(15)24-14-7-8-23-11-14/h3-6,9-10,14,23,27-28H,7-8,11H2,1-2H3,(H,24,25,26)/t14-/m0/s1. The Kier molecular flexibility index (Phi) is 4.64. The van der Waals surface area contributed by atoms with Crippen LogP contribution in [0.1, 0.15) is 25.8 Å². The number of aromatic nitrogens is 2. The quantitative estimate of drug-likeness (QED) is 0.554. The smallest absolute Gasteiger partial charge is 0.165 e. The van der Waals surface area contributed by atoms with Crippen LogP contribution in [0.2, 0.25) is 0 Å². The Morgan fingerprint density at radius 1 is 1.18 bits per heavy atom. The fourth-order valence-corrected chi connectivity index (χ4v) is 3.40. The summed E-state index contributed by atoms with van der Waals surface area (Å²) in [5, 5.41) is 28.1. The number of phenolic OH excluding ortho intramolecular Hbond substituents is 1. The van der Waals surface area contributed by atoms with Crippen LogP contribution < -0.4 is 10.6 Å². The molecule has 4 N–H and O–H groups in total. The molecule has 28 heavy (non-hydrogen) atoms. The maximum atomic E-state index is 13.8. The molecule has 1 aliphatic heterocycles. The normalized spacial score (nSPS) is 17.2. The van der Waals surface area contributed by atoms with E-state index in [0.29, 0.717) is 16.9 Å². The lowest BCUT2D eigenvalue weighted by Crippen LogP contribution is -2.23. The number of halogens is 1. The van der Waals surface area contributed by atoms with E-state index in [1.807, 2.05) is 12.1 Å².